The molecule has 0 saturated heterocycles. The number of ether oxygens (including phenoxy) is 1. The van der Waals surface area contributed by atoms with Crippen molar-refractivity contribution in [2.45, 2.75) is 4.90 Å². The van der Waals surface area contributed by atoms with Crippen LogP contribution in [-0.2, 0) is 10.0 Å². The van der Waals surface area contributed by atoms with Gasteiger partial charge in [-0.2, -0.15) is 0 Å². The maximum absolute atomic E-state index is 12.1. The molecule has 5 rings (SSSR count). The first-order chi connectivity index (χ1) is 16.3. The molecule has 5 aromatic carbocycles. The van der Waals surface area contributed by atoms with Crippen molar-refractivity contribution in [3.8, 4) is 39.5 Å². The van der Waals surface area contributed by atoms with Crippen LogP contribution in [0.3, 0.4) is 0 Å². The van der Waals surface area contributed by atoms with Gasteiger partial charge in [0.15, 0.2) is 0 Å². The molecule has 34 heavy (non-hydrogen) atoms. The molecule has 0 heterocycles. The number of rotatable bonds is 4. The number of fused-ring (bicyclic) bond motifs is 2. The van der Waals surface area contributed by atoms with Crippen LogP contribution in [0.15, 0.2) is 89.8 Å². The molecule has 0 fully saturated rings. The maximum Gasteiger partial charge on any atom is 0.238 e. The van der Waals surface area contributed by atoms with Gasteiger partial charge in [0, 0.05) is 21.9 Å². The van der Waals surface area contributed by atoms with Crippen LogP contribution in [0.4, 0.5) is 0 Å². The van der Waals surface area contributed by atoms with Gasteiger partial charge in [-0.05, 0) is 52.2 Å². The van der Waals surface area contributed by atoms with Crippen molar-refractivity contribution in [1.82, 2.24) is 0 Å². The number of benzene rings is 5. The molecule has 6 nitrogen and oxygen atoms in total. The van der Waals surface area contributed by atoms with Crippen LogP contribution >= 0.6 is 0 Å². The molecule has 0 aliphatic carbocycles. The van der Waals surface area contributed by atoms with Gasteiger partial charge in [-0.1, -0.05) is 54.6 Å². The second-order valence-electron chi connectivity index (χ2n) is 7.95. The van der Waals surface area contributed by atoms with Crippen molar-refractivity contribution in [2.24, 2.45) is 5.14 Å². The van der Waals surface area contributed by atoms with Crippen LogP contribution in [0.25, 0.3) is 43.8 Å². The van der Waals surface area contributed by atoms with E-state index in [0.717, 1.165) is 16.3 Å². The zero-order chi connectivity index (χ0) is 24.0. The zero-order valence-electron chi connectivity index (χ0n) is 18.2. The van der Waals surface area contributed by atoms with Gasteiger partial charge in [0.2, 0.25) is 10.0 Å². The highest BCUT2D eigenvalue weighted by molar-refractivity contribution is 7.89. The van der Waals surface area contributed by atoms with Crippen LogP contribution < -0.4 is 9.88 Å². The Morgan fingerprint density at radius 1 is 0.676 bits per heavy atom. The van der Waals surface area contributed by atoms with Crippen LogP contribution in [0.5, 0.6) is 17.2 Å². The highest BCUT2D eigenvalue weighted by Gasteiger charge is 2.20. The summed E-state index contributed by atoms with van der Waals surface area (Å²) in [5, 5.41) is 29.8. The van der Waals surface area contributed by atoms with Crippen molar-refractivity contribution in [3.05, 3.63) is 84.9 Å². The normalized spacial score (nSPS) is 11.7. The molecule has 0 aliphatic rings. The predicted molar refractivity (Wildman–Crippen MR) is 134 cm³/mol. The summed E-state index contributed by atoms with van der Waals surface area (Å²) in [5.74, 6) is 0.684. The molecule has 0 bridgehead atoms. The Balaban J connectivity index is 1.91. The Kier molecular flexibility index (Phi) is 5.16. The minimum Gasteiger partial charge on any atom is -0.507 e. The van der Waals surface area contributed by atoms with Gasteiger partial charge in [-0.3, -0.25) is 0 Å². The lowest BCUT2D eigenvalue weighted by Gasteiger charge is -2.17. The van der Waals surface area contributed by atoms with E-state index in [1.807, 2.05) is 42.5 Å². The van der Waals surface area contributed by atoms with Crippen LogP contribution in [0, 0.1) is 0 Å². The number of phenols is 2. The van der Waals surface area contributed by atoms with Crippen molar-refractivity contribution >= 4 is 31.6 Å². The number of primary sulfonamides is 1. The van der Waals surface area contributed by atoms with Gasteiger partial charge in [0.1, 0.15) is 17.2 Å². The lowest BCUT2D eigenvalue weighted by molar-refractivity contribution is 0.416. The Bertz CT molecular complexity index is 1690. The Morgan fingerprint density at radius 2 is 1.32 bits per heavy atom. The molecule has 0 spiro atoms. The molecule has 170 valence electrons. The zero-order valence-corrected chi connectivity index (χ0v) is 19.0. The molecule has 0 unspecified atom stereocenters. The van der Waals surface area contributed by atoms with Gasteiger partial charge < -0.3 is 14.9 Å². The van der Waals surface area contributed by atoms with Gasteiger partial charge in [-0.15, -0.1) is 0 Å². The third kappa shape index (κ3) is 3.51. The summed E-state index contributed by atoms with van der Waals surface area (Å²) >= 11 is 0. The summed E-state index contributed by atoms with van der Waals surface area (Å²) in [7, 11) is -2.44. The molecule has 0 aliphatic heterocycles. The monoisotopic (exact) mass is 471 g/mol. The number of hydrogen-bond donors (Lipinski definition) is 3. The number of sulfonamides is 1. The minimum atomic E-state index is -3.95. The SMILES string of the molecule is COc1ccc(S(N)(=O)=O)cc1-c1cc(-c2cccc3c(O)cccc23)c(O)c2ccccc12. The summed E-state index contributed by atoms with van der Waals surface area (Å²) < 4.78 is 29.7. The minimum absolute atomic E-state index is 0.0444. The Morgan fingerprint density at radius 3 is 2.06 bits per heavy atom. The number of nitrogens with two attached hydrogens (primary N) is 1. The number of methoxy groups -OCH3 is 1. The van der Waals surface area contributed by atoms with Gasteiger partial charge in [0.05, 0.1) is 12.0 Å². The van der Waals surface area contributed by atoms with Gasteiger partial charge in [0.25, 0.3) is 0 Å². The molecular weight excluding hydrogens is 450 g/mol. The summed E-state index contributed by atoms with van der Waals surface area (Å²) in [6, 6.07) is 24.3. The highest BCUT2D eigenvalue weighted by Crippen LogP contribution is 2.46. The van der Waals surface area contributed by atoms with Crippen molar-refractivity contribution < 1.29 is 23.4 Å². The number of phenolic OH excluding ortho intramolecular Hbond substituents is 2. The largest absolute Gasteiger partial charge is 0.507 e. The third-order valence-electron chi connectivity index (χ3n) is 6.00. The highest BCUT2D eigenvalue weighted by atomic mass is 32.2. The number of hydrogen-bond acceptors (Lipinski definition) is 5. The first-order valence-electron chi connectivity index (χ1n) is 10.5. The molecule has 0 saturated carbocycles. The van der Waals surface area contributed by atoms with E-state index < -0.39 is 10.0 Å². The molecule has 4 N–H and O–H groups in total. The molecule has 0 atom stereocenters. The maximum atomic E-state index is 12.1. The average molecular weight is 472 g/mol. The summed E-state index contributed by atoms with van der Waals surface area (Å²) in [6.45, 7) is 0. The molecule has 0 radical (unpaired) electrons. The van der Waals surface area contributed by atoms with Crippen molar-refractivity contribution in [3.63, 3.8) is 0 Å². The first-order valence-corrected chi connectivity index (χ1v) is 12.0. The number of aromatic hydroxyl groups is 2. The third-order valence-corrected chi connectivity index (χ3v) is 6.91. The van der Waals surface area contributed by atoms with E-state index in [1.54, 1.807) is 30.3 Å². The van der Waals surface area contributed by atoms with E-state index in [9.17, 15) is 18.6 Å². The first kappa shape index (κ1) is 21.8. The summed E-state index contributed by atoms with van der Waals surface area (Å²) in [5.41, 5.74) is 2.45. The summed E-state index contributed by atoms with van der Waals surface area (Å²) in [4.78, 5) is -0.0444. The molecule has 0 amide bonds. The van der Waals surface area contributed by atoms with E-state index in [0.29, 0.717) is 33.2 Å². The van der Waals surface area contributed by atoms with E-state index in [-0.39, 0.29) is 16.4 Å². The van der Waals surface area contributed by atoms with Crippen molar-refractivity contribution in [2.75, 3.05) is 7.11 Å². The van der Waals surface area contributed by atoms with Crippen LogP contribution in [0.1, 0.15) is 0 Å². The molecule has 0 aromatic heterocycles. The lowest BCUT2D eigenvalue weighted by Crippen LogP contribution is -2.12. The average Bonchev–Trinajstić information content (AvgIpc) is 2.84. The fourth-order valence-corrected chi connectivity index (χ4v) is 4.93. The van der Waals surface area contributed by atoms with Crippen LogP contribution in [0.2, 0.25) is 0 Å². The van der Waals surface area contributed by atoms with E-state index in [4.69, 9.17) is 9.88 Å². The van der Waals surface area contributed by atoms with Gasteiger partial charge in [-0.25, -0.2) is 13.6 Å². The second-order valence-corrected chi connectivity index (χ2v) is 9.51. The van der Waals surface area contributed by atoms with E-state index in [1.165, 1.54) is 19.2 Å². The van der Waals surface area contributed by atoms with E-state index >= 15 is 0 Å². The topological polar surface area (TPSA) is 110 Å². The second kappa shape index (κ2) is 8.06. The molecule has 7 heteroatoms. The molecular formula is C27H21NO5S. The lowest BCUT2D eigenvalue weighted by atomic mass is 9.89. The van der Waals surface area contributed by atoms with Gasteiger partial charge >= 0.3 is 0 Å². The standard InChI is InChI=1S/C27H21NO5S/c1-33-26-13-12-16(34(28,31)32)14-23(26)22-15-24(27(30)21-7-3-2-6-19(21)22)18-8-4-10-20-17(18)9-5-11-25(20)29/h2-15,29-30H,1H3,(H2,28,31,32). The Hall–Kier alpha value is -4.07. The fourth-order valence-electron chi connectivity index (χ4n) is 4.39. The summed E-state index contributed by atoms with van der Waals surface area (Å²) in [6.07, 6.45) is 0. The fraction of sp³-hybridized carbons (Fsp3) is 0.0370. The van der Waals surface area contributed by atoms with Crippen molar-refractivity contribution in [1.29, 1.82) is 0 Å². The van der Waals surface area contributed by atoms with E-state index in [2.05, 4.69) is 0 Å². The van der Waals surface area contributed by atoms with Crippen LogP contribution in [-0.4, -0.2) is 25.7 Å². The predicted octanol–water partition coefficient (Wildman–Crippen LogP) is 5.39. The Labute approximate surface area is 196 Å². The quantitative estimate of drug-likeness (QED) is 0.325. The smallest absolute Gasteiger partial charge is 0.238 e. The molecule has 5 aromatic rings.